The van der Waals surface area contributed by atoms with Crippen molar-refractivity contribution in [1.29, 1.82) is 0 Å². The topological polar surface area (TPSA) is 35.5 Å². The maximum Gasteiger partial charge on any atom is 0.118 e. The van der Waals surface area contributed by atoms with Gasteiger partial charge in [-0.2, -0.15) is 0 Å². The zero-order valence-electron chi connectivity index (χ0n) is 17.6. The Morgan fingerprint density at radius 3 is 1.31 bits per heavy atom. The van der Waals surface area contributed by atoms with Crippen LogP contribution in [0, 0.1) is 5.92 Å². The van der Waals surface area contributed by atoms with Crippen LogP contribution >= 0.6 is 0 Å². The summed E-state index contributed by atoms with van der Waals surface area (Å²) in [6.45, 7) is 4.47. The number of benzene rings is 3. The van der Waals surface area contributed by atoms with Crippen molar-refractivity contribution in [3.63, 3.8) is 0 Å². The molecule has 0 radical (unpaired) electrons. The van der Waals surface area contributed by atoms with Gasteiger partial charge in [-0.15, -0.1) is 0 Å². The fourth-order valence-electron chi connectivity index (χ4n) is 4.12. The molecule has 0 spiro atoms. The first-order chi connectivity index (χ1) is 13.9. The van der Waals surface area contributed by atoms with Gasteiger partial charge in [-0.3, -0.25) is 4.21 Å². The summed E-state index contributed by atoms with van der Waals surface area (Å²) in [6, 6.07) is 24.7. The summed E-state index contributed by atoms with van der Waals surface area (Å²) < 4.78 is 22.7. The fourth-order valence-corrected chi connectivity index (χ4v) is 4.64. The zero-order valence-corrected chi connectivity index (χ0v) is 18.5. The van der Waals surface area contributed by atoms with Crippen LogP contribution in [-0.4, -0.2) is 24.7 Å². The van der Waals surface area contributed by atoms with Crippen molar-refractivity contribution >= 4 is 10.8 Å². The third-order valence-electron chi connectivity index (χ3n) is 5.60. The van der Waals surface area contributed by atoms with Crippen molar-refractivity contribution in [2.75, 3.05) is 20.5 Å². The van der Waals surface area contributed by atoms with Crippen LogP contribution < -0.4 is 9.47 Å². The van der Waals surface area contributed by atoms with Crippen LogP contribution in [0.5, 0.6) is 11.5 Å². The normalized spacial score (nSPS) is 12.6. The Morgan fingerprint density at radius 2 is 1.03 bits per heavy atom. The Morgan fingerprint density at radius 1 is 0.690 bits per heavy atom. The lowest BCUT2D eigenvalue weighted by Crippen LogP contribution is -2.35. The highest BCUT2D eigenvalue weighted by Gasteiger charge is 2.39. The average molecular weight is 409 g/mol. The molecule has 0 aliphatic carbocycles. The number of hydrogen-bond acceptors (Lipinski definition) is 3. The summed E-state index contributed by atoms with van der Waals surface area (Å²) >= 11 is 0. The van der Waals surface area contributed by atoms with Crippen LogP contribution in [0.4, 0.5) is 0 Å². The molecule has 0 heterocycles. The van der Waals surface area contributed by atoms with Gasteiger partial charge in [-0.25, -0.2) is 0 Å². The van der Waals surface area contributed by atoms with Crippen LogP contribution in [0.15, 0.2) is 77.7 Å². The smallest absolute Gasteiger partial charge is 0.118 e. The molecule has 152 valence electrons. The minimum Gasteiger partial charge on any atom is -0.497 e. The van der Waals surface area contributed by atoms with E-state index in [2.05, 4.69) is 50.2 Å². The van der Waals surface area contributed by atoms with Gasteiger partial charge in [0.2, 0.25) is 0 Å². The molecule has 3 nitrogen and oxygen atoms in total. The second-order valence-electron chi connectivity index (χ2n) is 7.40. The molecule has 0 saturated carbocycles. The highest BCUT2D eigenvalue weighted by Crippen LogP contribution is 2.46. The van der Waals surface area contributed by atoms with Crippen molar-refractivity contribution < 1.29 is 13.7 Å². The monoisotopic (exact) mass is 408 g/mol. The molecular weight excluding hydrogens is 380 g/mol. The molecule has 3 rings (SSSR count). The van der Waals surface area contributed by atoms with Gasteiger partial charge in [-0.1, -0.05) is 50.2 Å². The van der Waals surface area contributed by atoms with Gasteiger partial charge in [-0.05, 0) is 59.0 Å². The van der Waals surface area contributed by atoms with Gasteiger partial charge in [0.1, 0.15) is 11.5 Å². The van der Waals surface area contributed by atoms with Crippen LogP contribution in [0.1, 0.15) is 30.5 Å². The van der Waals surface area contributed by atoms with Crippen LogP contribution in [-0.2, 0) is 16.2 Å². The second kappa shape index (κ2) is 8.83. The molecule has 0 N–H and O–H groups in total. The van der Waals surface area contributed by atoms with E-state index in [1.807, 2.05) is 36.4 Å². The van der Waals surface area contributed by atoms with E-state index in [0.29, 0.717) is 0 Å². The maximum atomic E-state index is 11.9. The highest BCUT2D eigenvalue weighted by atomic mass is 32.2. The number of ether oxygens (including phenoxy) is 2. The Labute approximate surface area is 176 Å². The van der Waals surface area contributed by atoms with Crippen molar-refractivity contribution in [3.8, 4) is 11.5 Å². The molecule has 3 aromatic rings. The van der Waals surface area contributed by atoms with Crippen LogP contribution in [0.2, 0.25) is 0 Å². The van der Waals surface area contributed by atoms with Gasteiger partial charge < -0.3 is 9.47 Å². The lowest BCUT2D eigenvalue weighted by Gasteiger charge is -2.40. The molecule has 0 fully saturated rings. The Kier molecular flexibility index (Phi) is 6.43. The Hall–Kier alpha value is -2.59. The van der Waals surface area contributed by atoms with E-state index < -0.39 is 10.8 Å². The molecule has 0 aliphatic rings. The molecule has 0 aromatic heterocycles. The Bertz CT molecular complexity index is 911. The first kappa shape index (κ1) is 21.1. The summed E-state index contributed by atoms with van der Waals surface area (Å²) in [5, 5.41) is 0. The van der Waals surface area contributed by atoms with Crippen molar-refractivity contribution in [2.24, 2.45) is 5.92 Å². The maximum absolute atomic E-state index is 11.9. The minimum absolute atomic E-state index is 0.266. The summed E-state index contributed by atoms with van der Waals surface area (Å²) in [5.74, 6) is 1.93. The van der Waals surface area contributed by atoms with E-state index in [0.717, 1.165) is 22.0 Å². The molecule has 1 atom stereocenters. The molecule has 0 bridgehead atoms. The van der Waals surface area contributed by atoms with Gasteiger partial charge >= 0.3 is 0 Å². The summed E-state index contributed by atoms with van der Waals surface area (Å²) in [5.41, 5.74) is 3.16. The number of methoxy groups -OCH3 is 2. The van der Waals surface area contributed by atoms with E-state index in [1.54, 1.807) is 20.5 Å². The largest absolute Gasteiger partial charge is 0.497 e. The quantitative estimate of drug-likeness (QED) is 0.489. The molecule has 0 aliphatic heterocycles. The molecule has 29 heavy (non-hydrogen) atoms. The number of hydrogen-bond donors (Lipinski definition) is 0. The molecule has 0 saturated heterocycles. The molecule has 4 heteroatoms. The van der Waals surface area contributed by atoms with Crippen molar-refractivity contribution in [1.82, 2.24) is 0 Å². The van der Waals surface area contributed by atoms with Crippen molar-refractivity contribution in [2.45, 2.75) is 24.2 Å². The van der Waals surface area contributed by atoms with Gasteiger partial charge in [0.05, 0.1) is 14.2 Å². The molecule has 0 amide bonds. The summed E-state index contributed by atoms with van der Waals surface area (Å²) in [6.07, 6.45) is 1.71. The summed E-state index contributed by atoms with van der Waals surface area (Å²) in [4.78, 5) is 0.830. The Balaban J connectivity index is 2.27. The lowest BCUT2D eigenvalue weighted by atomic mass is 9.63. The van der Waals surface area contributed by atoms with E-state index in [4.69, 9.17) is 9.47 Å². The first-order valence-corrected chi connectivity index (χ1v) is 11.2. The fraction of sp³-hybridized carbons (Fsp3) is 0.280. The average Bonchev–Trinajstić information content (AvgIpc) is 2.75. The third-order valence-corrected chi connectivity index (χ3v) is 6.53. The van der Waals surface area contributed by atoms with Crippen molar-refractivity contribution in [3.05, 3.63) is 89.5 Å². The van der Waals surface area contributed by atoms with Crippen LogP contribution in [0.25, 0.3) is 0 Å². The van der Waals surface area contributed by atoms with E-state index in [1.165, 1.54) is 11.1 Å². The molecule has 3 aromatic carbocycles. The second-order valence-corrected chi connectivity index (χ2v) is 8.78. The number of rotatable bonds is 7. The molecular formula is C25H28O3S. The summed E-state index contributed by atoms with van der Waals surface area (Å²) in [7, 11) is 2.35. The standard InChI is InChI=1S/C25H28O3S/c1-18(2)25(19-6-12-22(27-3)13-7-19,20-8-14-23(28-4)15-9-20)21-10-16-24(17-11-21)29(5)26/h6-18H,1-5H3. The highest BCUT2D eigenvalue weighted by molar-refractivity contribution is 7.84. The van der Waals surface area contributed by atoms with Gasteiger partial charge in [0.25, 0.3) is 0 Å². The van der Waals surface area contributed by atoms with Gasteiger partial charge in [0.15, 0.2) is 0 Å². The SMILES string of the molecule is COc1ccc(C(c2ccc(OC)cc2)(c2ccc(S(C)=O)cc2)C(C)C)cc1. The lowest BCUT2D eigenvalue weighted by molar-refractivity contribution is 0.409. The molecule has 1 unspecified atom stereocenters. The van der Waals surface area contributed by atoms with E-state index in [-0.39, 0.29) is 11.3 Å². The minimum atomic E-state index is -1.01. The van der Waals surface area contributed by atoms with Gasteiger partial charge in [0, 0.05) is 27.4 Å². The van der Waals surface area contributed by atoms with E-state index >= 15 is 0 Å². The first-order valence-electron chi connectivity index (χ1n) is 9.66. The predicted octanol–water partition coefficient (Wildman–Crippen LogP) is 5.43. The third kappa shape index (κ3) is 3.95. The predicted molar refractivity (Wildman–Crippen MR) is 119 cm³/mol. The van der Waals surface area contributed by atoms with Crippen LogP contribution in [0.3, 0.4) is 0 Å². The van der Waals surface area contributed by atoms with E-state index in [9.17, 15) is 4.21 Å². The zero-order chi connectivity index (χ0) is 21.0.